The third kappa shape index (κ3) is 6.92. The van der Waals surface area contributed by atoms with Gasteiger partial charge in [-0.2, -0.15) is 0 Å². The van der Waals surface area contributed by atoms with Crippen molar-refractivity contribution < 1.29 is 23.1 Å². The van der Waals surface area contributed by atoms with Crippen LogP contribution in [-0.2, 0) is 14.8 Å². The zero-order valence-electron chi connectivity index (χ0n) is 16.4. The fraction of sp³-hybridized carbons (Fsp3) is 0.550. The molecule has 0 amide bonds. The molecule has 156 valence electrons. The van der Waals surface area contributed by atoms with Gasteiger partial charge in [-0.1, -0.05) is 11.6 Å². The van der Waals surface area contributed by atoms with Crippen LogP contribution >= 0.6 is 0 Å². The lowest BCUT2D eigenvalue weighted by atomic mass is 9.97. The fourth-order valence-electron chi connectivity index (χ4n) is 3.12. The van der Waals surface area contributed by atoms with E-state index in [4.69, 9.17) is 4.74 Å². The number of hydrogen-bond acceptors (Lipinski definition) is 5. The average molecular weight is 411 g/mol. The number of sulfonamides is 1. The zero-order valence-corrected chi connectivity index (χ0v) is 17.2. The molecule has 0 radical (unpaired) electrons. The fourth-order valence-corrected chi connectivity index (χ4v) is 4.22. The molecular weight excluding hydrogens is 380 g/mol. The maximum absolute atomic E-state index is 12.4. The summed E-state index contributed by atoms with van der Waals surface area (Å²) in [6.07, 6.45) is 8.32. The van der Waals surface area contributed by atoms with Gasteiger partial charge >= 0.3 is 5.97 Å². The van der Waals surface area contributed by atoms with Crippen LogP contribution in [0.25, 0.3) is 0 Å². The molecule has 1 aromatic carbocycles. The standard InChI is InChI=1S/C20H30N2O5S/c1-2-27-14-6-12-22-28(25,26)17-9-10-19(18(15-17)20(23)24)21-13-11-16-7-4-3-5-8-16/h7,9-10,15,21-22H,2-6,8,11-14H2,1H3,(H,23,24). The maximum Gasteiger partial charge on any atom is 0.337 e. The largest absolute Gasteiger partial charge is 0.478 e. The first-order valence-electron chi connectivity index (χ1n) is 9.80. The van der Waals surface area contributed by atoms with Gasteiger partial charge in [0.2, 0.25) is 10.0 Å². The number of hydrogen-bond donors (Lipinski definition) is 3. The average Bonchev–Trinajstić information content (AvgIpc) is 2.68. The van der Waals surface area contributed by atoms with Crippen LogP contribution in [0.2, 0.25) is 0 Å². The van der Waals surface area contributed by atoms with E-state index in [1.807, 2.05) is 6.92 Å². The lowest BCUT2D eigenvalue weighted by Crippen LogP contribution is -2.26. The summed E-state index contributed by atoms with van der Waals surface area (Å²) >= 11 is 0. The van der Waals surface area contributed by atoms with Crippen molar-refractivity contribution in [2.75, 3.05) is 31.6 Å². The van der Waals surface area contributed by atoms with E-state index in [0.717, 1.165) is 19.3 Å². The van der Waals surface area contributed by atoms with Crippen LogP contribution in [0.15, 0.2) is 34.7 Å². The minimum Gasteiger partial charge on any atom is -0.478 e. The minimum atomic E-state index is -3.76. The quantitative estimate of drug-likeness (QED) is 0.360. The Morgan fingerprint density at radius 1 is 1.25 bits per heavy atom. The first-order chi connectivity index (χ1) is 13.4. The summed E-state index contributed by atoms with van der Waals surface area (Å²) in [5.41, 5.74) is 1.78. The van der Waals surface area contributed by atoms with E-state index < -0.39 is 16.0 Å². The van der Waals surface area contributed by atoms with Crippen molar-refractivity contribution >= 4 is 21.7 Å². The van der Waals surface area contributed by atoms with Gasteiger partial charge in [0.05, 0.1) is 10.5 Å². The summed E-state index contributed by atoms with van der Waals surface area (Å²) < 4.78 is 32.5. The van der Waals surface area contributed by atoms with Gasteiger partial charge in [-0.25, -0.2) is 17.9 Å². The molecule has 0 saturated heterocycles. The second-order valence-corrected chi connectivity index (χ2v) is 8.51. The highest BCUT2D eigenvalue weighted by Crippen LogP contribution is 2.23. The Hall–Kier alpha value is -1.90. The third-order valence-corrected chi connectivity index (χ3v) is 6.10. The lowest BCUT2D eigenvalue weighted by Gasteiger charge is -2.15. The lowest BCUT2D eigenvalue weighted by molar-refractivity contribution is 0.0697. The van der Waals surface area contributed by atoms with Crippen LogP contribution in [0.1, 0.15) is 55.8 Å². The normalized spacial score (nSPS) is 14.5. The van der Waals surface area contributed by atoms with Gasteiger partial charge in [0.25, 0.3) is 0 Å². The van der Waals surface area contributed by atoms with Crippen molar-refractivity contribution in [3.05, 3.63) is 35.4 Å². The smallest absolute Gasteiger partial charge is 0.337 e. The number of carbonyl (C=O) groups is 1. The molecule has 0 saturated carbocycles. The molecule has 1 aliphatic carbocycles. The predicted octanol–water partition coefficient (Wildman–Crippen LogP) is 3.39. The van der Waals surface area contributed by atoms with Crippen molar-refractivity contribution in [3.8, 4) is 0 Å². The molecule has 0 fully saturated rings. The Morgan fingerprint density at radius 2 is 2.07 bits per heavy atom. The highest BCUT2D eigenvalue weighted by atomic mass is 32.2. The van der Waals surface area contributed by atoms with Crippen LogP contribution in [-0.4, -0.2) is 45.8 Å². The summed E-state index contributed by atoms with van der Waals surface area (Å²) in [6.45, 7) is 3.78. The van der Waals surface area contributed by atoms with Gasteiger partial charge in [-0.15, -0.1) is 0 Å². The molecular formula is C20H30N2O5S. The third-order valence-electron chi connectivity index (χ3n) is 4.64. The second-order valence-electron chi connectivity index (χ2n) is 6.75. The number of carboxylic acids is 1. The van der Waals surface area contributed by atoms with E-state index in [1.54, 1.807) is 0 Å². The summed E-state index contributed by atoms with van der Waals surface area (Å²) in [4.78, 5) is 11.6. The van der Waals surface area contributed by atoms with Crippen molar-refractivity contribution in [1.82, 2.24) is 4.72 Å². The van der Waals surface area contributed by atoms with Gasteiger partial charge in [0.1, 0.15) is 0 Å². The molecule has 0 atom stereocenters. The predicted molar refractivity (Wildman–Crippen MR) is 109 cm³/mol. The molecule has 7 nitrogen and oxygen atoms in total. The first-order valence-corrected chi connectivity index (χ1v) is 11.3. The van der Waals surface area contributed by atoms with Crippen LogP contribution in [0.3, 0.4) is 0 Å². The van der Waals surface area contributed by atoms with E-state index in [-0.39, 0.29) is 17.0 Å². The topological polar surface area (TPSA) is 105 Å². The minimum absolute atomic E-state index is 0.0465. The van der Waals surface area contributed by atoms with Gasteiger partial charge in [-0.3, -0.25) is 0 Å². The van der Waals surface area contributed by atoms with Crippen molar-refractivity contribution in [2.24, 2.45) is 0 Å². The number of benzene rings is 1. The SMILES string of the molecule is CCOCCCNS(=O)(=O)c1ccc(NCCC2=CCCCC2)c(C(=O)O)c1. The second kappa shape index (κ2) is 11.2. The number of allylic oxidation sites excluding steroid dienone is 1. The van der Waals surface area contributed by atoms with E-state index in [9.17, 15) is 18.3 Å². The molecule has 1 aliphatic rings. The molecule has 0 aromatic heterocycles. The van der Waals surface area contributed by atoms with Crippen LogP contribution < -0.4 is 10.0 Å². The Bertz CT molecular complexity index is 790. The number of carboxylic acid groups (broad SMARTS) is 1. The Morgan fingerprint density at radius 3 is 2.75 bits per heavy atom. The Kier molecular flexibility index (Phi) is 8.95. The molecule has 1 aromatic rings. The van der Waals surface area contributed by atoms with Gasteiger partial charge in [0, 0.05) is 32.0 Å². The molecule has 28 heavy (non-hydrogen) atoms. The number of rotatable bonds is 12. The highest BCUT2D eigenvalue weighted by molar-refractivity contribution is 7.89. The maximum atomic E-state index is 12.4. The molecule has 3 N–H and O–H groups in total. The molecule has 0 heterocycles. The first kappa shape index (κ1) is 22.4. The summed E-state index contributed by atoms with van der Waals surface area (Å²) in [5.74, 6) is -1.16. The molecule has 2 rings (SSSR count). The molecule has 8 heteroatoms. The van der Waals surface area contributed by atoms with Gasteiger partial charge in [0.15, 0.2) is 0 Å². The Labute approximate surface area is 167 Å². The van der Waals surface area contributed by atoms with Crippen molar-refractivity contribution in [3.63, 3.8) is 0 Å². The summed E-state index contributed by atoms with van der Waals surface area (Å²) in [7, 11) is -3.76. The van der Waals surface area contributed by atoms with E-state index >= 15 is 0 Å². The Balaban J connectivity index is 2.00. The molecule has 0 spiro atoms. The van der Waals surface area contributed by atoms with Crippen molar-refractivity contribution in [2.45, 2.75) is 50.3 Å². The molecule has 0 aliphatic heterocycles. The van der Waals surface area contributed by atoms with Crippen LogP contribution in [0.5, 0.6) is 0 Å². The van der Waals surface area contributed by atoms with Gasteiger partial charge in [-0.05, 0) is 63.6 Å². The van der Waals surface area contributed by atoms with Crippen molar-refractivity contribution in [1.29, 1.82) is 0 Å². The van der Waals surface area contributed by atoms with Crippen LogP contribution in [0, 0.1) is 0 Å². The van der Waals surface area contributed by atoms with Gasteiger partial charge < -0.3 is 15.2 Å². The molecule has 0 bridgehead atoms. The molecule has 0 unspecified atom stereocenters. The monoisotopic (exact) mass is 410 g/mol. The van der Waals surface area contributed by atoms with E-state index in [1.165, 1.54) is 36.6 Å². The number of ether oxygens (including phenoxy) is 1. The van der Waals surface area contributed by atoms with E-state index in [0.29, 0.717) is 31.9 Å². The van der Waals surface area contributed by atoms with E-state index in [2.05, 4.69) is 16.1 Å². The summed E-state index contributed by atoms with van der Waals surface area (Å²) in [6, 6.07) is 4.16. The number of aromatic carboxylic acids is 1. The number of anilines is 1. The highest BCUT2D eigenvalue weighted by Gasteiger charge is 2.18. The van der Waals surface area contributed by atoms with Crippen LogP contribution in [0.4, 0.5) is 5.69 Å². The summed E-state index contributed by atoms with van der Waals surface area (Å²) in [5, 5.41) is 12.6. The number of nitrogens with one attached hydrogen (secondary N) is 2. The zero-order chi connectivity index (χ0) is 20.4.